The average molecular weight is 245 g/mol. The summed E-state index contributed by atoms with van der Waals surface area (Å²) in [4.78, 5) is 15.8. The second kappa shape index (κ2) is 4.83. The summed E-state index contributed by atoms with van der Waals surface area (Å²) in [7, 11) is 0. The van der Waals surface area contributed by atoms with E-state index in [0.717, 1.165) is 5.56 Å². The van der Waals surface area contributed by atoms with Crippen LogP contribution in [0.5, 0.6) is 0 Å². The van der Waals surface area contributed by atoms with Gasteiger partial charge in [-0.15, -0.1) is 0 Å². The van der Waals surface area contributed by atoms with Crippen LogP contribution in [0.4, 0.5) is 15.9 Å². The van der Waals surface area contributed by atoms with Crippen LogP contribution in [0, 0.1) is 5.82 Å². The number of nitrogens with zero attached hydrogens (tertiary/aromatic N) is 1. The molecule has 0 bridgehead atoms. The summed E-state index contributed by atoms with van der Waals surface area (Å²) in [6.45, 7) is 0. The number of rotatable bonds is 3. The van der Waals surface area contributed by atoms with Crippen LogP contribution >= 0.6 is 0 Å². The molecule has 1 heterocycles. The number of hydrogen-bond donors (Lipinski definition) is 2. The SMILES string of the molecule is Nc1cc(CC(=O)c2cccc(F)c2N)ccn1. The zero-order valence-electron chi connectivity index (χ0n) is 9.56. The number of carbonyl (C=O) groups is 1. The highest BCUT2D eigenvalue weighted by molar-refractivity contribution is 6.02. The maximum absolute atomic E-state index is 13.2. The third-order valence-corrected chi connectivity index (χ3v) is 2.56. The summed E-state index contributed by atoms with van der Waals surface area (Å²) in [6.07, 6.45) is 1.63. The second-order valence-electron chi connectivity index (χ2n) is 3.89. The van der Waals surface area contributed by atoms with Crippen LogP contribution < -0.4 is 11.5 Å². The average Bonchev–Trinajstić information content (AvgIpc) is 2.32. The number of anilines is 2. The number of ketones is 1. The normalized spacial score (nSPS) is 10.3. The van der Waals surface area contributed by atoms with E-state index in [0.29, 0.717) is 5.82 Å². The van der Waals surface area contributed by atoms with Crippen molar-refractivity contribution < 1.29 is 9.18 Å². The molecule has 1 aromatic heterocycles. The van der Waals surface area contributed by atoms with Crippen molar-refractivity contribution in [1.82, 2.24) is 4.98 Å². The van der Waals surface area contributed by atoms with E-state index in [2.05, 4.69) is 4.98 Å². The zero-order valence-corrected chi connectivity index (χ0v) is 9.56. The molecule has 18 heavy (non-hydrogen) atoms. The number of carbonyl (C=O) groups excluding carboxylic acids is 1. The van der Waals surface area contributed by atoms with Crippen molar-refractivity contribution in [3.05, 3.63) is 53.5 Å². The number of Topliss-reactive ketones (excluding diaryl/α,β-unsaturated/α-hetero) is 1. The van der Waals surface area contributed by atoms with Crippen LogP contribution in [0.25, 0.3) is 0 Å². The number of nitrogen functional groups attached to an aromatic ring is 2. The highest BCUT2D eigenvalue weighted by Crippen LogP contribution is 2.18. The third kappa shape index (κ3) is 2.45. The van der Waals surface area contributed by atoms with Crippen LogP contribution in [0.1, 0.15) is 15.9 Å². The molecular formula is C13H12FN3O. The van der Waals surface area contributed by atoms with Crippen molar-refractivity contribution in [2.45, 2.75) is 6.42 Å². The standard InChI is InChI=1S/C13H12FN3O/c14-10-3-1-2-9(13(10)16)11(18)6-8-4-5-17-12(15)7-8/h1-5,7H,6,16H2,(H2,15,17). The summed E-state index contributed by atoms with van der Waals surface area (Å²) in [5.74, 6) is -0.500. The molecule has 2 aromatic rings. The van der Waals surface area contributed by atoms with Gasteiger partial charge in [-0.1, -0.05) is 6.07 Å². The van der Waals surface area contributed by atoms with Gasteiger partial charge in [0.15, 0.2) is 5.78 Å². The maximum Gasteiger partial charge on any atom is 0.169 e. The fourth-order valence-corrected chi connectivity index (χ4v) is 1.67. The Labute approximate surface area is 103 Å². The summed E-state index contributed by atoms with van der Waals surface area (Å²) in [6, 6.07) is 7.47. The molecule has 2 rings (SSSR count). The molecule has 0 saturated heterocycles. The number of nitrogens with two attached hydrogens (primary N) is 2. The van der Waals surface area contributed by atoms with Crippen molar-refractivity contribution in [3.8, 4) is 0 Å². The molecule has 0 aliphatic rings. The number of benzene rings is 1. The number of pyridine rings is 1. The van der Waals surface area contributed by atoms with Crippen LogP contribution in [0.15, 0.2) is 36.5 Å². The first-order valence-electron chi connectivity index (χ1n) is 5.35. The minimum atomic E-state index is -0.588. The van der Waals surface area contributed by atoms with E-state index in [1.165, 1.54) is 24.4 Å². The van der Waals surface area contributed by atoms with Gasteiger partial charge < -0.3 is 11.5 Å². The topological polar surface area (TPSA) is 82.0 Å². The maximum atomic E-state index is 13.2. The monoisotopic (exact) mass is 245 g/mol. The molecule has 0 unspecified atom stereocenters. The van der Waals surface area contributed by atoms with E-state index in [-0.39, 0.29) is 23.5 Å². The number of hydrogen-bond acceptors (Lipinski definition) is 4. The van der Waals surface area contributed by atoms with E-state index in [1.54, 1.807) is 12.1 Å². The van der Waals surface area contributed by atoms with E-state index in [1.807, 2.05) is 0 Å². The first-order chi connectivity index (χ1) is 8.58. The molecule has 0 fully saturated rings. The minimum absolute atomic E-state index is 0.111. The Morgan fingerprint density at radius 3 is 2.78 bits per heavy atom. The Hall–Kier alpha value is -2.43. The molecule has 0 aliphatic heterocycles. The van der Waals surface area contributed by atoms with E-state index in [4.69, 9.17) is 11.5 Å². The molecule has 5 heteroatoms. The Kier molecular flexibility index (Phi) is 3.23. The highest BCUT2D eigenvalue weighted by Gasteiger charge is 2.13. The summed E-state index contributed by atoms with van der Waals surface area (Å²) < 4.78 is 13.2. The van der Waals surface area contributed by atoms with Gasteiger partial charge in [0.05, 0.1) is 5.69 Å². The van der Waals surface area contributed by atoms with E-state index < -0.39 is 5.82 Å². The van der Waals surface area contributed by atoms with Crippen molar-refractivity contribution in [2.75, 3.05) is 11.5 Å². The third-order valence-electron chi connectivity index (χ3n) is 2.56. The summed E-state index contributed by atoms with van der Waals surface area (Å²) >= 11 is 0. The number of aromatic nitrogens is 1. The second-order valence-corrected chi connectivity index (χ2v) is 3.89. The lowest BCUT2D eigenvalue weighted by Gasteiger charge is -2.06. The predicted molar refractivity (Wildman–Crippen MR) is 67.5 cm³/mol. The van der Waals surface area contributed by atoms with Gasteiger partial charge in [0, 0.05) is 18.2 Å². The largest absolute Gasteiger partial charge is 0.396 e. The lowest BCUT2D eigenvalue weighted by atomic mass is 10.0. The van der Waals surface area contributed by atoms with Crippen LogP contribution in [0.3, 0.4) is 0 Å². The first kappa shape index (κ1) is 12.0. The van der Waals surface area contributed by atoms with Crippen LogP contribution in [0.2, 0.25) is 0 Å². The quantitative estimate of drug-likeness (QED) is 0.638. The van der Waals surface area contributed by atoms with Crippen molar-refractivity contribution in [1.29, 1.82) is 0 Å². The fraction of sp³-hybridized carbons (Fsp3) is 0.0769. The van der Waals surface area contributed by atoms with Gasteiger partial charge in [0.2, 0.25) is 0 Å². The molecule has 0 spiro atoms. The minimum Gasteiger partial charge on any atom is -0.396 e. The smallest absolute Gasteiger partial charge is 0.169 e. The zero-order chi connectivity index (χ0) is 13.1. The van der Waals surface area contributed by atoms with Gasteiger partial charge in [0.25, 0.3) is 0 Å². The predicted octanol–water partition coefficient (Wildman–Crippen LogP) is 1.81. The molecule has 4 N–H and O–H groups in total. The lowest BCUT2D eigenvalue weighted by Crippen LogP contribution is -2.08. The van der Waals surface area contributed by atoms with Crippen LogP contribution in [-0.4, -0.2) is 10.8 Å². The van der Waals surface area contributed by atoms with Gasteiger partial charge in [-0.05, 0) is 29.8 Å². The van der Waals surface area contributed by atoms with Crippen molar-refractivity contribution >= 4 is 17.3 Å². The van der Waals surface area contributed by atoms with Crippen molar-refractivity contribution in [3.63, 3.8) is 0 Å². The molecule has 0 atom stereocenters. The Bertz CT molecular complexity index is 599. The van der Waals surface area contributed by atoms with E-state index in [9.17, 15) is 9.18 Å². The van der Waals surface area contributed by atoms with Gasteiger partial charge in [-0.3, -0.25) is 4.79 Å². The number of halogens is 1. The molecule has 0 radical (unpaired) electrons. The lowest BCUT2D eigenvalue weighted by molar-refractivity contribution is 0.0993. The molecule has 0 amide bonds. The summed E-state index contributed by atoms with van der Waals surface area (Å²) in [5.41, 5.74) is 11.8. The summed E-state index contributed by atoms with van der Waals surface area (Å²) in [5, 5.41) is 0. The molecule has 1 aromatic carbocycles. The van der Waals surface area contributed by atoms with Gasteiger partial charge in [-0.2, -0.15) is 0 Å². The van der Waals surface area contributed by atoms with E-state index >= 15 is 0 Å². The molecule has 92 valence electrons. The van der Waals surface area contributed by atoms with Gasteiger partial charge in [-0.25, -0.2) is 9.37 Å². The Balaban J connectivity index is 2.25. The van der Waals surface area contributed by atoms with Gasteiger partial charge in [0.1, 0.15) is 11.6 Å². The highest BCUT2D eigenvalue weighted by atomic mass is 19.1. The van der Waals surface area contributed by atoms with Crippen molar-refractivity contribution in [2.24, 2.45) is 0 Å². The fourth-order valence-electron chi connectivity index (χ4n) is 1.67. The van der Waals surface area contributed by atoms with Crippen LogP contribution in [-0.2, 0) is 6.42 Å². The molecule has 0 aliphatic carbocycles. The molecular weight excluding hydrogens is 233 g/mol. The number of para-hydroxylation sites is 1. The molecule has 0 saturated carbocycles. The Morgan fingerprint density at radius 2 is 2.06 bits per heavy atom. The molecule has 4 nitrogen and oxygen atoms in total. The first-order valence-corrected chi connectivity index (χ1v) is 5.35. The van der Waals surface area contributed by atoms with Gasteiger partial charge >= 0.3 is 0 Å². The Morgan fingerprint density at radius 1 is 1.28 bits per heavy atom.